The Morgan fingerprint density at radius 1 is 0.846 bits per heavy atom. The fourth-order valence-electron chi connectivity index (χ4n) is 2.87. The number of amides is 2. The molecule has 2 heterocycles. The van der Waals surface area contributed by atoms with Gasteiger partial charge in [-0.15, -0.1) is 0 Å². The molecule has 8 nitrogen and oxygen atoms in total. The summed E-state index contributed by atoms with van der Waals surface area (Å²) in [7, 11) is 0. The first kappa shape index (κ1) is 18.0. The molecule has 8 heteroatoms. The van der Waals surface area contributed by atoms with Gasteiger partial charge in [-0.05, 0) is 26.0 Å². The Bertz CT molecular complexity index is 905. The third-order valence-electron chi connectivity index (χ3n) is 4.20. The number of carbonyl (C=O) groups is 2. The van der Waals surface area contributed by atoms with E-state index >= 15 is 0 Å². The second-order valence-corrected chi connectivity index (χ2v) is 5.92. The van der Waals surface area contributed by atoms with Crippen LogP contribution in [-0.4, -0.2) is 48.3 Å². The van der Waals surface area contributed by atoms with Crippen LogP contribution in [0.15, 0.2) is 21.0 Å². The fourth-order valence-corrected chi connectivity index (χ4v) is 2.87. The highest BCUT2D eigenvalue weighted by molar-refractivity contribution is 6.05. The van der Waals surface area contributed by atoms with Crippen molar-refractivity contribution in [2.24, 2.45) is 0 Å². The lowest BCUT2D eigenvalue weighted by Gasteiger charge is -2.00. The second-order valence-electron chi connectivity index (χ2n) is 5.92. The normalized spacial score (nSPS) is 11.2. The van der Waals surface area contributed by atoms with Crippen LogP contribution in [0, 0.1) is 13.8 Å². The van der Waals surface area contributed by atoms with Crippen LogP contribution < -0.4 is 10.6 Å². The van der Waals surface area contributed by atoms with Crippen molar-refractivity contribution < 1.29 is 28.6 Å². The van der Waals surface area contributed by atoms with Gasteiger partial charge < -0.3 is 29.7 Å². The van der Waals surface area contributed by atoms with Crippen LogP contribution in [0.2, 0.25) is 0 Å². The maximum Gasteiger partial charge on any atom is 0.287 e. The Morgan fingerprint density at radius 3 is 1.58 bits per heavy atom. The molecule has 138 valence electrons. The Labute approximate surface area is 148 Å². The van der Waals surface area contributed by atoms with E-state index in [0.29, 0.717) is 33.1 Å². The van der Waals surface area contributed by atoms with Crippen molar-refractivity contribution in [3.63, 3.8) is 0 Å². The molecule has 2 aromatic heterocycles. The number of hydrogen-bond donors (Lipinski definition) is 4. The summed E-state index contributed by atoms with van der Waals surface area (Å²) in [4.78, 5) is 24.2. The number of benzene rings is 1. The van der Waals surface area contributed by atoms with Crippen molar-refractivity contribution in [2.75, 3.05) is 26.3 Å². The van der Waals surface area contributed by atoms with Crippen LogP contribution in [0.4, 0.5) is 0 Å². The van der Waals surface area contributed by atoms with Gasteiger partial charge in [0.1, 0.15) is 11.2 Å². The molecule has 0 fully saturated rings. The third-order valence-corrected chi connectivity index (χ3v) is 4.20. The topological polar surface area (TPSA) is 125 Å². The number of aliphatic hydroxyl groups excluding tert-OH is 2. The quantitative estimate of drug-likeness (QED) is 0.524. The average Bonchev–Trinajstić information content (AvgIpc) is 3.13. The molecule has 0 radical (unpaired) electrons. The van der Waals surface area contributed by atoms with Crippen molar-refractivity contribution in [3.05, 3.63) is 34.8 Å². The van der Waals surface area contributed by atoms with Crippen LogP contribution in [0.5, 0.6) is 0 Å². The summed E-state index contributed by atoms with van der Waals surface area (Å²) in [5, 5.41) is 24.2. The van der Waals surface area contributed by atoms with Gasteiger partial charge in [-0.3, -0.25) is 9.59 Å². The van der Waals surface area contributed by atoms with Gasteiger partial charge >= 0.3 is 0 Å². The molecule has 0 aliphatic heterocycles. The molecule has 0 spiro atoms. The molecule has 4 N–H and O–H groups in total. The van der Waals surface area contributed by atoms with E-state index in [2.05, 4.69) is 10.6 Å². The molecule has 3 rings (SSSR count). The summed E-state index contributed by atoms with van der Waals surface area (Å²) in [5.41, 5.74) is 2.32. The molecule has 0 bridgehead atoms. The van der Waals surface area contributed by atoms with E-state index in [1.807, 2.05) is 0 Å². The smallest absolute Gasteiger partial charge is 0.287 e. The first-order valence-corrected chi connectivity index (χ1v) is 8.22. The lowest BCUT2D eigenvalue weighted by molar-refractivity contribution is 0.0911. The molecule has 0 atom stereocenters. The van der Waals surface area contributed by atoms with E-state index in [-0.39, 0.29) is 37.8 Å². The molecule has 0 saturated heterocycles. The first-order valence-electron chi connectivity index (χ1n) is 8.22. The highest BCUT2D eigenvalue weighted by atomic mass is 16.4. The molecular weight excluding hydrogens is 340 g/mol. The van der Waals surface area contributed by atoms with Crippen LogP contribution in [0.25, 0.3) is 21.9 Å². The van der Waals surface area contributed by atoms with Gasteiger partial charge in [-0.25, -0.2) is 0 Å². The minimum atomic E-state index is -0.398. The van der Waals surface area contributed by atoms with Crippen molar-refractivity contribution in [1.29, 1.82) is 0 Å². The summed E-state index contributed by atoms with van der Waals surface area (Å²) in [6.07, 6.45) is 0. The Balaban J connectivity index is 2.04. The Hall–Kier alpha value is -2.84. The van der Waals surface area contributed by atoms with Crippen LogP contribution in [0.1, 0.15) is 32.2 Å². The van der Waals surface area contributed by atoms with E-state index in [1.54, 1.807) is 26.0 Å². The lowest BCUT2D eigenvalue weighted by atomic mass is 10.1. The summed E-state index contributed by atoms with van der Waals surface area (Å²) in [6.45, 7) is 3.50. The molecule has 0 aliphatic carbocycles. The SMILES string of the molecule is Cc1c(C(=O)NCCO)oc2cc3c(C)c(C(=O)NCCO)oc3cc12. The summed E-state index contributed by atoms with van der Waals surface area (Å²) in [5.74, 6) is -0.435. The van der Waals surface area contributed by atoms with Gasteiger partial charge in [-0.1, -0.05) is 0 Å². The van der Waals surface area contributed by atoms with Crippen molar-refractivity contribution in [1.82, 2.24) is 10.6 Å². The van der Waals surface area contributed by atoms with E-state index in [9.17, 15) is 9.59 Å². The van der Waals surface area contributed by atoms with Gasteiger partial charge in [0.05, 0.1) is 13.2 Å². The maximum absolute atomic E-state index is 12.1. The maximum atomic E-state index is 12.1. The van der Waals surface area contributed by atoms with Gasteiger partial charge in [0.2, 0.25) is 0 Å². The van der Waals surface area contributed by atoms with Crippen LogP contribution >= 0.6 is 0 Å². The lowest BCUT2D eigenvalue weighted by Crippen LogP contribution is -2.26. The first-order chi connectivity index (χ1) is 12.5. The van der Waals surface area contributed by atoms with E-state index < -0.39 is 11.8 Å². The van der Waals surface area contributed by atoms with Crippen molar-refractivity contribution >= 4 is 33.8 Å². The summed E-state index contributed by atoms with van der Waals surface area (Å²) >= 11 is 0. The van der Waals surface area contributed by atoms with Crippen molar-refractivity contribution in [2.45, 2.75) is 13.8 Å². The molecule has 0 aliphatic rings. The second kappa shape index (κ2) is 7.19. The molecular formula is C18H20N2O6. The summed E-state index contributed by atoms with van der Waals surface area (Å²) in [6, 6.07) is 3.48. The zero-order valence-electron chi connectivity index (χ0n) is 14.5. The highest BCUT2D eigenvalue weighted by Gasteiger charge is 2.22. The van der Waals surface area contributed by atoms with Crippen LogP contribution in [0.3, 0.4) is 0 Å². The number of nitrogens with one attached hydrogen (secondary N) is 2. The highest BCUT2D eigenvalue weighted by Crippen LogP contribution is 2.33. The number of furan rings is 2. The van der Waals surface area contributed by atoms with E-state index in [1.165, 1.54) is 0 Å². The zero-order valence-corrected chi connectivity index (χ0v) is 14.5. The molecule has 0 saturated carbocycles. The molecule has 26 heavy (non-hydrogen) atoms. The number of rotatable bonds is 6. The monoisotopic (exact) mass is 360 g/mol. The number of fused-ring (bicyclic) bond motifs is 2. The number of hydrogen-bond acceptors (Lipinski definition) is 6. The molecule has 0 unspecified atom stereocenters. The fraction of sp³-hybridized carbons (Fsp3) is 0.333. The predicted octanol–water partition coefficient (Wildman–Crippen LogP) is 1.24. The standard InChI is InChI=1S/C18H20N2O6/c1-9-11-7-14-12(10(2)16(26-14)18(24)20-4-6-22)8-13(11)25-15(9)17(23)19-3-5-21/h7-8,21-22H,3-6H2,1-2H3,(H,19,23)(H,20,24). The van der Waals surface area contributed by atoms with E-state index in [0.717, 1.165) is 0 Å². The van der Waals surface area contributed by atoms with E-state index in [4.69, 9.17) is 19.0 Å². The van der Waals surface area contributed by atoms with Gasteiger partial charge in [-0.2, -0.15) is 0 Å². The van der Waals surface area contributed by atoms with Crippen molar-refractivity contribution in [3.8, 4) is 0 Å². The zero-order chi connectivity index (χ0) is 18.8. The minimum absolute atomic E-state index is 0.142. The molecule has 3 aromatic rings. The Morgan fingerprint density at radius 2 is 1.23 bits per heavy atom. The van der Waals surface area contributed by atoms with Gasteiger partial charge in [0.15, 0.2) is 11.5 Å². The summed E-state index contributed by atoms with van der Waals surface area (Å²) < 4.78 is 11.4. The number of aliphatic hydroxyl groups is 2. The third kappa shape index (κ3) is 3.04. The number of aryl methyl sites for hydroxylation is 2. The van der Waals surface area contributed by atoms with Gasteiger partial charge in [0.25, 0.3) is 11.8 Å². The predicted molar refractivity (Wildman–Crippen MR) is 94.3 cm³/mol. The Kier molecular flexibility index (Phi) is 4.97. The van der Waals surface area contributed by atoms with Gasteiger partial charge in [0, 0.05) is 35.0 Å². The molecule has 2 amide bonds. The largest absolute Gasteiger partial charge is 0.451 e. The average molecular weight is 360 g/mol. The van der Waals surface area contributed by atoms with Crippen LogP contribution in [-0.2, 0) is 0 Å². The molecule has 1 aromatic carbocycles. The number of carbonyl (C=O) groups excluding carboxylic acids is 2. The minimum Gasteiger partial charge on any atom is -0.451 e.